The van der Waals surface area contributed by atoms with Gasteiger partial charge in [0.25, 0.3) is 0 Å². The number of aromatic nitrogens is 1. The third kappa shape index (κ3) is 2.18. The molecule has 4 heteroatoms. The summed E-state index contributed by atoms with van der Waals surface area (Å²) in [6.45, 7) is 1.98. The molecule has 2 aliphatic carbocycles. The van der Waals surface area contributed by atoms with E-state index >= 15 is 0 Å². The number of nitrogens with one attached hydrogen (secondary N) is 1. The molecule has 2 bridgehead atoms. The Morgan fingerprint density at radius 1 is 1.44 bits per heavy atom. The quantitative estimate of drug-likeness (QED) is 0.849. The van der Waals surface area contributed by atoms with Crippen LogP contribution in [0.3, 0.4) is 0 Å². The number of aryl methyl sites for hydroxylation is 1. The highest BCUT2D eigenvalue weighted by atomic mass is 79.9. The molecule has 0 aliphatic heterocycles. The first kappa shape index (κ1) is 12.2. The van der Waals surface area contributed by atoms with Gasteiger partial charge in [-0.25, -0.2) is 4.98 Å². The van der Waals surface area contributed by atoms with Crippen LogP contribution in [-0.2, 0) is 4.79 Å². The molecular formula is C14H17BrN2O. The minimum Gasteiger partial charge on any atom is -0.324 e. The maximum atomic E-state index is 12.3. The first-order valence-corrected chi connectivity index (χ1v) is 7.36. The lowest BCUT2D eigenvalue weighted by Crippen LogP contribution is -2.27. The summed E-state index contributed by atoms with van der Waals surface area (Å²) in [5.41, 5.74) is 1.85. The lowest BCUT2D eigenvalue weighted by Gasteiger charge is -2.20. The van der Waals surface area contributed by atoms with Gasteiger partial charge in [0.05, 0.1) is 11.9 Å². The number of hydrogen-bond acceptors (Lipinski definition) is 2. The van der Waals surface area contributed by atoms with E-state index in [4.69, 9.17) is 0 Å². The number of nitrogens with zero attached hydrogens (tertiary/aromatic N) is 1. The van der Waals surface area contributed by atoms with Gasteiger partial charge in [-0.1, -0.05) is 6.42 Å². The summed E-state index contributed by atoms with van der Waals surface area (Å²) in [5, 5.41) is 3.01. The molecule has 1 amide bonds. The Labute approximate surface area is 116 Å². The second kappa shape index (κ2) is 4.65. The van der Waals surface area contributed by atoms with Gasteiger partial charge in [-0.15, -0.1) is 0 Å². The number of hydrogen-bond donors (Lipinski definition) is 1. The molecule has 0 radical (unpaired) electrons. The van der Waals surface area contributed by atoms with Gasteiger partial charge in [-0.3, -0.25) is 4.79 Å². The Morgan fingerprint density at radius 3 is 2.89 bits per heavy atom. The van der Waals surface area contributed by atoms with Crippen molar-refractivity contribution in [3.8, 4) is 0 Å². The predicted octanol–water partition coefficient (Wildman–Crippen LogP) is 3.53. The van der Waals surface area contributed by atoms with Crippen LogP contribution in [0.1, 0.15) is 31.2 Å². The van der Waals surface area contributed by atoms with Crippen molar-refractivity contribution < 1.29 is 4.79 Å². The molecule has 2 fully saturated rings. The second-order valence-electron chi connectivity index (χ2n) is 5.60. The lowest BCUT2D eigenvalue weighted by molar-refractivity contribution is -0.121. The van der Waals surface area contributed by atoms with E-state index in [-0.39, 0.29) is 11.8 Å². The van der Waals surface area contributed by atoms with Gasteiger partial charge in [0.15, 0.2) is 0 Å². The maximum Gasteiger partial charge on any atom is 0.227 e. The minimum absolute atomic E-state index is 0.186. The Morgan fingerprint density at radius 2 is 2.28 bits per heavy atom. The average molecular weight is 309 g/mol. The molecule has 1 aromatic rings. The van der Waals surface area contributed by atoms with Crippen LogP contribution in [0.25, 0.3) is 0 Å². The topological polar surface area (TPSA) is 42.0 Å². The molecule has 3 unspecified atom stereocenters. The summed E-state index contributed by atoms with van der Waals surface area (Å²) in [7, 11) is 0. The Bertz CT molecular complexity index is 489. The molecule has 18 heavy (non-hydrogen) atoms. The van der Waals surface area contributed by atoms with Gasteiger partial charge in [0.2, 0.25) is 5.91 Å². The van der Waals surface area contributed by atoms with Crippen molar-refractivity contribution in [2.24, 2.45) is 17.8 Å². The number of rotatable bonds is 2. The molecule has 3 atom stereocenters. The van der Waals surface area contributed by atoms with Crippen LogP contribution in [0.5, 0.6) is 0 Å². The number of halogens is 1. The van der Waals surface area contributed by atoms with E-state index in [1.165, 1.54) is 19.3 Å². The molecule has 0 saturated heterocycles. The summed E-state index contributed by atoms with van der Waals surface area (Å²) in [6.07, 6.45) is 6.62. The highest BCUT2D eigenvalue weighted by Gasteiger charge is 2.42. The monoisotopic (exact) mass is 308 g/mol. The standard InChI is InChI=1S/C14H17BrN2O/c1-8-4-11(7-16-13(8)15)17-14(18)12-6-9-2-3-10(12)5-9/h4,7,9-10,12H,2-3,5-6H2,1H3,(H,17,18). The first-order chi connectivity index (χ1) is 8.63. The largest absolute Gasteiger partial charge is 0.324 e. The molecule has 3 nitrogen and oxygen atoms in total. The van der Waals surface area contributed by atoms with Gasteiger partial charge in [-0.2, -0.15) is 0 Å². The second-order valence-corrected chi connectivity index (χ2v) is 6.35. The molecule has 1 aromatic heterocycles. The smallest absolute Gasteiger partial charge is 0.227 e. The SMILES string of the molecule is Cc1cc(NC(=O)C2CC3CCC2C3)cnc1Br. The molecule has 2 saturated carbocycles. The van der Waals surface area contributed by atoms with Crippen LogP contribution in [0, 0.1) is 24.7 Å². The number of anilines is 1. The van der Waals surface area contributed by atoms with Crippen molar-refractivity contribution >= 4 is 27.5 Å². The zero-order valence-electron chi connectivity index (χ0n) is 10.4. The van der Waals surface area contributed by atoms with Crippen molar-refractivity contribution in [1.29, 1.82) is 0 Å². The van der Waals surface area contributed by atoms with Crippen LogP contribution in [0.15, 0.2) is 16.9 Å². The van der Waals surface area contributed by atoms with Crippen LogP contribution in [0.4, 0.5) is 5.69 Å². The van der Waals surface area contributed by atoms with E-state index in [0.29, 0.717) is 5.92 Å². The summed E-state index contributed by atoms with van der Waals surface area (Å²) >= 11 is 3.36. The fourth-order valence-electron chi connectivity index (χ4n) is 3.43. The normalized spacial score (nSPS) is 29.6. The van der Waals surface area contributed by atoms with Crippen molar-refractivity contribution in [3.05, 3.63) is 22.4 Å². The Hall–Kier alpha value is -0.900. The predicted molar refractivity (Wildman–Crippen MR) is 74.2 cm³/mol. The highest BCUT2D eigenvalue weighted by molar-refractivity contribution is 9.10. The van der Waals surface area contributed by atoms with Crippen LogP contribution < -0.4 is 5.32 Å². The van der Waals surface area contributed by atoms with Crippen LogP contribution >= 0.6 is 15.9 Å². The number of carbonyl (C=O) groups excluding carboxylic acids is 1. The van der Waals surface area contributed by atoms with Crippen molar-refractivity contribution in [1.82, 2.24) is 4.98 Å². The molecule has 96 valence electrons. The minimum atomic E-state index is 0.186. The van der Waals surface area contributed by atoms with Gasteiger partial charge >= 0.3 is 0 Å². The number of pyridine rings is 1. The fraction of sp³-hybridized carbons (Fsp3) is 0.571. The van der Waals surface area contributed by atoms with E-state index in [9.17, 15) is 4.79 Å². The molecule has 1 N–H and O–H groups in total. The van der Waals surface area contributed by atoms with E-state index in [2.05, 4.69) is 26.2 Å². The third-order valence-electron chi connectivity index (χ3n) is 4.36. The molecule has 2 aliphatic rings. The van der Waals surface area contributed by atoms with E-state index in [1.54, 1.807) is 6.20 Å². The highest BCUT2D eigenvalue weighted by Crippen LogP contribution is 2.48. The van der Waals surface area contributed by atoms with Crippen molar-refractivity contribution in [2.75, 3.05) is 5.32 Å². The number of carbonyl (C=O) groups is 1. The third-order valence-corrected chi connectivity index (χ3v) is 5.19. The summed E-state index contributed by atoms with van der Waals surface area (Å²) < 4.78 is 0.834. The Kier molecular flexibility index (Phi) is 3.14. The van der Waals surface area contributed by atoms with Gasteiger partial charge in [0.1, 0.15) is 4.60 Å². The van der Waals surface area contributed by atoms with Gasteiger partial charge < -0.3 is 5.32 Å². The maximum absolute atomic E-state index is 12.3. The fourth-order valence-corrected chi connectivity index (χ4v) is 3.64. The van der Waals surface area contributed by atoms with Crippen LogP contribution in [0.2, 0.25) is 0 Å². The van der Waals surface area contributed by atoms with E-state index in [1.807, 2.05) is 13.0 Å². The van der Waals surface area contributed by atoms with Gasteiger partial charge in [0, 0.05) is 5.92 Å². The van der Waals surface area contributed by atoms with E-state index in [0.717, 1.165) is 28.2 Å². The zero-order chi connectivity index (χ0) is 12.7. The van der Waals surface area contributed by atoms with Crippen molar-refractivity contribution in [3.63, 3.8) is 0 Å². The summed E-state index contributed by atoms with van der Waals surface area (Å²) in [6, 6.07) is 1.96. The molecule has 0 aromatic carbocycles. The lowest BCUT2D eigenvalue weighted by atomic mass is 9.88. The molecule has 1 heterocycles. The summed E-state index contributed by atoms with van der Waals surface area (Å²) in [4.78, 5) is 16.5. The first-order valence-electron chi connectivity index (χ1n) is 6.56. The molecular weight excluding hydrogens is 292 g/mol. The zero-order valence-corrected chi connectivity index (χ0v) is 12.0. The summed E-state index contributed by atoms with van der Waals surface area (Å²) in [5.74, 6) is 1.84. The Balaban J connectivity index is 1.69. The van der Waals surface area contributed by atoms with Gasteiger partial charge in [-0.05, 0) is 65.6 Å². The number of fused-ring (bicyclic) bond motifs is 2. The van der Waals surface area contributed by atoms with Crippen LogP contribution in [-0.4, -0.2) is 10.9 Å². The van der Waals surface area contributed by atoms with E-state index < -0.39 is 0 Å². The number of amides is 1. The van der Waals surface area contributed by atoms with Crippen molar-refractivity contribution in [2.45, 2.75) is 32.6 Å². The average Bonchev–Trinajstić information content (AvgIpc) is 2.96. The molecule has 0 spiro atoms. The molecule has 3 rings (SSSR count).